The summed E-state index contributed by atoms with van der Waals surface area (Å²) in [6.07, 6.45) is 0.949. The summed E-state index contributed by atoms with van der Waals surface area (Å²) in [4.78, 5) is 11.0. The first-order valence-corrected chi connectivity index (χ1v) is 11.3. The molecule has 1 amide bonds. The van der Waals surface area contributed by atoms with Gasteiger partial charge < -0.3 is 20.5 Å². The highest BCUT2D eigenvalue weighted by molar-refractivity contribution is 9.10. The van der Waals surface area contributed by atoms with Crippen LogP contribution >= 0.6 is 40.1 Å². The maximum absolute atomic E-state index is 11.0. The highest BCUT2D eigenvalue weighted by Gasteiger charge is 2.13. The van der Waals surface area contributed by atoms with Crippen molar-refractivity contribution in [3.8, 4) is 17.2 Å². The molecule has 172 valence electrons. The number of primary amides is 1. The average Bonchev–Trinajstić information content (AvgIpc) is 3.24. The van der Waals surface area contributed by atoms with Crippen molar-refractivity contribution in [2.75, 3.05) is 26.0 Å². The van der Waals surface area contributed by atoms with Crippen LogP contribution in [0.15, 0.2) is 52.1 Å². The molecule has 9 nitrogen and oxygen atoms in total. The summed E-state index contributed by atoms with van der Waals surface area (Å²) in [5.41, 5.74) is 7.11. The van der Waals surface area contributed by atoms with Crippen LogP contribution in [0.3, 0.4) is 0 Å². The number of carbonyl (C=O) groups is 1. The molecular formula is C20H24BrClN6O3S. The lowest BCUT2D eigenvalue weighted by Crippen LogP contribution is -2.20. The van der Waals surface area contributed by atoms with Gasteiger partial charge in [0.25, 0.3) is 5.91 Å². The molecule has 0 aliphatic heterocycles. The van der Waals surface area contributed by atoms with Gasteiger partial charge >= 0.3 is 0 Å². The van der Waals surface area contributed by atoms with Crippen molar-refractivity contribution in [3.05, 3.63) is 52.5 Å². The molecule has 3 rings (SSSR count). The second-order valence-electron chi connectivity index (χ2n) is 6.45. The number of nitrogens with two attached hydrogens (primary N) is 1. The fourth-order valence-corrected chi connectivity index (χ4v) is 4.19. The van der Waals surface area contributed by atoms with Gasteiger partial charge in [-0.2, -0.15) is 4.68 Å². The lowest BCUT2D eigenvalue weighted by Gasteiger charge is -2.14. The molecule has 2 aromatic carbocycles. The van der Waals surface area contributed by atoms with E-state index >= 15 is 0 Å². The Kier molecular flexibility index (Phi) is 10.7. The molecule has 32 heavy (non-hydrogen) atoms. The fraction of sp³-hybridized carbons (Fsp3) is 0.300. The Hall–Kier alpha value is -2.34. The van der Waals surface area contributed by atoms with Gasteiger partial charge in [0.05, 0.1) is 17.3 Å². The number of carbonyl (C=O) groups excluding carboxylic acids is 1. The van der Waals surface area contributed by atoms with Crippen LogP contribution in [0.4, 0.5) is 0 Å². The number of rotatable bonds is 12. The largest absolute Gasteiger partial charge is 0.493 e. The number of thioether (sulfide) groups is 1. The van der Waals surface area contributed by atoms with Crippen LogP contribution in [-0.2, 0) is 11.3 Å². The van der Waals surface area contributed by atoms with E-state index in [1.54, 1.807) is 23.6 Å². The quantitative estimate of drug-likeness (QED) is 0.264. The van der Waals surface area contributed by atoms with E-state index in [0.29, 0.717) is 22.5 Å². The Morgan fingerprint density at radius 2 is 2.06 bits per heavy atom. The van der Waals surface area contributed by atoms with Crippen molar-refractivity contribution in [2.45, 2.75) is 18.1 Å². The lowest BCUT2D eigenvalue weighted by atomic mass is 10.2. The molecule has 12 heteroatoms. The van der Waals surface area contributed by atoms with Gasteiger partial charge in [0.2, 0.25) is 5.16 Å². The number of amides is 1. The number of nitrogens with zero attached hydrogens (tertiary/aromatic N) is 4. The molecule has 3 aromatic rings. The Morgan fingerprint density at radius 1 is 1.28 bits per heavy atom. The predicted molar refractivity (Wildman–Crippen MR) is 129 cm³/mol. The number of nitrogens with one attached hydrogen (secondary N) is 1. The van der Waals surface area contributed by atoms with Gasteiger partial charge in [0.1, 0.15) is 0 Å². The van der Waals surface area contributed by atoms with Crippen molar-refractivity contribution < 1.29 is 14.3 Å². The molecule has 0 saturated heterocycles. The second kappa shape index (κ2) is 13.3. The van der Waals surface area contributed by atoms with Crippen LogP contribution in [-0.4, -0.2) is 52.1 Å². The first-order chi connectivity index (χ1) is 15.1. The maximum Gasteiger partial charge on any atom is 0.255 e. The zero-order valence-electron chi connectivity index (χ0n) is 17.4. The first kappa shape index (κ1) is 25.9. The third-order valence-corrected chi connectivity index (χ3v) is 5.74. The monoisotopic (exact) mass is 542 g/mol. The predicted octanol–water partition coefficient (Wildman–Crippen LogP) is 2.99. The number of ether oxygens (including phenoxy) is 2. The summed E-state index contributed by atoms with van der Waals surface area (Å²) in [7, 11) is 1.55. The molecule has 0 spiro atoms. The highest BCUT2D eigenvalue weighted by Crippen LogP contribution is 2.36. The highest BCUT2D eigenvalue weighted by atomic mass is 79.9. The summed E-state index contributed by atoms with van der Waals surface area (Å²) in [5, 5.41) is 16.1. The van der Waals surface area contributed by atoms with E-state index in [-0.39, 0.29) is 19.0 Å². The van der Waals surface area contributed by atoms with Crippen LogP contribution in [0.1, 0.15) is 12.0 Å². The smallest absolute Gasteiger partial charge is 0.255 e. The summed E-state index contributed by atoms with van der Waals surface area (Å²) < 4.78 is 13.2. The van der Waals surface area contributed by atoms with Crippen molar-refractivity contribution in [3.63, 3.8) is 0 Å². The molecule has 0 saturated carbocycles. The van der Waals surface area contributed by atoms with Gasteiger partial charge in [-0.25, -0.2) is 0 Å². The fourth-order valence-electron chi connectivity index (χ4n) is 2.75. The van der Waals surface area contributed by atoms with E-state index in [1.807, 2.05) is 42.5 Å². The number of aromatic nitrogens is 4. The van der Waals surface area contributed by atoms with Gasteiger partial charge in [-0.1, -0.05) is 30.0 Å². The minimum Gasteiger partial charge on any atom is -0.493 e. The summed E-state index contributed by atoms with van der Waals surface area (Å²) in [6, 6.07) is 13.6. The SMILES string of the molecule is COc1cc(CNCCCSc2nnnn2-c2ccccc2)cc(Br)c1OCC(N)=O.Cl. The molecular weight excluding hydrogens is 520 g/mol. The number of tetrazole rings is 1. The van der Waals surface area contributed by atoms with Crippen molar-refractivity contribution >= 4 is 46.0 Å². The molecule has 0 radical (unpaired) electrons. The minimum atomic E-state index is -0.546. The van der Waals surface area contributed by atoms with E-state index in [9.17, 15) is 4.79 Å². The number of hydrogen-bond donors (Lipinski definition) is 2. The first-order valence-electron chi connectivity index (χ1n) is 9.53. The van der Waals surface area contributed by atoms with E-state index in [1.165, 1.54) is 0 Å². The summed E-state index contributed by atoms with van der Waals surface area (Å²) in [6.45, 7) is 1.29. The Balaban J connectivity index is 0.00000363. The van der Waals surface area contributed by atoms with Crippen LogP contribution in [0.5, 0.6) is 11.5 Å². The Bertz CT molecular complexity index is 1010. The van der Waals surface area contributed by atoms with Gasteiger partial charge in [0, 0.05) is 12.3 Å². The van der Waals surface area contributed by atoms with Gasteiger partial charge in [-0.3, -0.25) is 4.79 Å². The van der Waals surface area contributed by atoms with E-state index in [4.69, 9.17) is 15.2 Å². The van der Waals surface area contributed by atoms with Crippen LogP contribution in [0.2, 0.25) is 0 Å². The topological polar surface area (TPSA) is 117 Å². The third kappa shape index (κ3) is 7.37. The molecule has 0 unspecified atom stereocenters. The number of methoxy groups -OCH3 is 1. The van der Waals surface area contributed by atoms with Crippen LogP contribution < -0.4 is 20.5 Å². The molecule has 0 fully saturated rings. The second-order valence-corrected chi connectivity index (χ2v) is 8.37. The maximum atomic E-state index is 11.0. The van der Waals surface area contributed by atoms with Crippen molar-refractivity contribution in [1.82, 2.24) is 25.5 Å². The average molecular weight is 544 g/mol. The molecule has 0 bridgehead atoms. The number of benzene rings is 2. The van der Waals surface area contributed by atoms with Crippen molar-refractivity contribution in [1.29, 1.82) is 0 Å². The lowest BCUT2D eigenvalue weighted by molar-refractivity contribution is -0.119. The number of halogens is 2. The zero-order valence-corrected chi connectivity index (χ0v) is 20.6. The Labute approximate surface area is 205 Å². The standard InChI is InChI=1S/C20H23BrN6O3S.ClH/c1-29-17-11-14(10-16(21)19(17)30-13-18(22)28)12-23-8-5-9-31-20-24-25-26-27(20)15-6-3-2-4-7-15;/h2-4,6-7,10-11,23H,5,8-9,12-13H2,1H3,(H2,22,28);1H. The summed E-state index contributed by atoms with van der Waals surface area (Å²) in [5.74, 6) is 1.33. The van der Waals surface area contributed by atoms with Gasteiger partial charge in [-0.15, -0.1) is 17.5 Å². The number of hydrogen-bond acceptors (Lipinski definition) is 8. The Morgan fingerprint density at radius 3 is 2.78 bits per heavy atom. The normalized spacial score (nSPS) is 10.4. The minimum absolute atomic E-state index is 0. The molecule has 0 aliphatic carbocycles. The zero-order chi connectivity index (χ0) is 22.1. The van der Waals surface area contributed by atoms with Gasteiger partial charge in [0.15, 0.2) is 18.1 Å². The molecule has 1 aromatic heterocycles. The van der Waals surface area contributed by atoms with Gasteiger partial charge in [-0.05, 0) is 69.2 Å². The van der Waals surface area contributed by atoms with Crippen LogP contribution in [0, 0.1) is 0 Å². The number of para-hydroxylation sites is 1. The van der Waals surface area contributed by atoms with Crippen LogP contribution in [0.25, 0.3) is 5.69 Å². The molecule has 0 atom stereocenters. The molecule has 0 aliphatic rings. The third-order valence-electron chi connectivity index (χ3n) is 4.15. The van der Waals surface area contributed by atoms with E-state index < -0.39 is 5.91 Å². The van der Waals surface area contributed by atoms with Crippen molar-refractivity contribution in [2.24, 2.45) is 5.73 Å². The molecule has 3 N–H and O–H groups in total. The van der Waals surface area contributed by atoms with E-state index in [2.05, 4.69) is 36.8 Å². The molecule has 1 heterocycles. The van der Waals surface area contributed by atoms with E-state index in [0.717, 1.165) is 35.1 Å². The summed E-state index contributed by atoms with van der Waals surface area (Å²) >= 11 is 5.08.